The molecule has 0 spiro atoms. The predicted molar refractivity (Wildman–Crippen MR) is 109 cm³/mol. The third-order valence-electron chi connectivity index (χ3n) is 4.73. The van der Waals surface area contributed by atoms with E-state index in [0.717, 1.165) is 41.2 Å². The van der Waals surface area contributed by atoms with Gasteiger partial charge in [0.15, 0.2) is 5.82 Å². The number of hydrogen-bond acceptors (Lipinski definition) is 5. The number of para-hydroxylation sites is 1. The number of nitrogens with zero attached hydrogens (tertiary/aromatic N) is 4. The van der Waals surface area contributed by atoms with Crippen molar-refractivity contribution in [1.29, 1.82) is 0 Å². The third kappa shape index (κ3) is 3.14. The molecule has 0 amide bonds. The van der Waals surface area contributed by atoms with Gasteiger partial charge in [-0.3, -0.25) is 4.99 Å². The minimum Gasteiger partial charge on any atom is -0.467 e. The Balaban J connectivity index is 1.98. The summed E-state index contributed by atoms with van der Waals surface area (Å²) in [7, 11) is 1.63. The normalized spacial score (nSPS) is 15.5. The molecule has 3 aromatic rings. The molecule has 0 aliphatic carbocycles. The average molecular weight is 379 g/mol. The molecule has 1 aliphatic heterocycles. The second-order valence-corrected chi connectivity index (χ2v) is 7.29. The number of ether oxygens (including phenoxy) is 1. The van der Waals surface area contributed by atoms with Crippen molar-refractivity contribution < 1.29 is 4.74 Å². The highest BCUT2D eigenvalue weighted by Crippen LogP contribution is 2.35. The minimum atomic E-state index is -0.0632. The Hall–Kier alpha value is -2.60. The van der Waals surface area contributed by atoms with E-state index >= 15 is 0 Å². The van der Waals surface area contributed by atoms with Gasteiger partial charge in [-0.15, -0.1) is 16.9 Å². The Kier molecular flexibility index (Phi) is 4.99. The van der Waals surface area contributed by atoms with E-state index in [9.17, 15) is 0 Å². The van der Waals surface area contributed by atoms with E-state index in [4.69, 9.17) is 9.73 Å². The first-order valence-corrected chi connectivity index (χ1v) is 10.3. The Labute approximate surface area is 163 Å². The quantitative estimate of drug-likeness (QED) is 0.605. The van der Waals surface area contributed by atoms with E-state index in [1.54, 1.807) is 18.9 Å². The summed E-state index contributed by atoms with van der Waals surface area (Å²) in [4.78, 5) is 6.39. The molecule has 2 heterocycles. The maximum absolute atomic E-state index is 5.50. The van der Waals surface area contributed by atoms with Crippen LogP contribution in [0.3, 0.4) is 0 Å². The number of aliphatic imine (C=N–C) groups is 1. The van der Waals surface area contributed by atoms with Crippen molar-refractivity contribution in [1.82, 2.24) is 14.8 Å². The van der Waals surface area contributed by atoms with E-state index in [1.807, 2.05) is 16.7 Å². The molecule has 0 radical (unpaired) electrons. The standard InChI is InChI=1S/C21H22N4OS/c1-4-8-17-20-23-24-21(26-2)25(20)18-12-6-5-11-16(18)19(22-17)14-9-7-10-15(13-14)27-3/h5-7,9-13,17H,4,8H2,1-3H3. The van der Waals surface area contributed by atoms with E-state index in [0.29, 0.717) is 6.01 Å². The van der Waals surface area contributed by atoms with Crippen molar-refractivity contribution >= 4 is 17.5 Å². The highest BCUT2D eigenvalue weighted by Gasteiger charge is 2.28. The average Bonchev–Trinajstić information content (AvgIpc) is 3.09. The van der Waals surface area contributed by atoms with Gasteiger partial charge in [0.2, 0.25) is 0 Å². The molecule has 2 aromatic carbocycles. The van der Waals surface area contributed by atoms with Crippen LogP contribution in [0.1, 0.15) is 42.8 Å². The van der Waals surface area contributed by atoms with Crippen molar-refractivity contribution in [2.24, 2.45) is 4.99 Å². The summed E-state index contributed by atoms with van der Waals surface area (Å²) in [5.74, 6) is 0.831. The monoisotopic (exact) mass is 378 g/mol. The molecule has 0 fully saturated rings. The van der Waals surface area contributed by atoms with Crippen LogP contribution in [0.5, 0.6) is 6.01 Å². The molecule has 4 rings (SSSR count). The fourth-order valence-corrected chi connectivity index (χ4v) is 3.93. The van der Waals surface area contributed by atoms with Gasteiger partial charge in [0.1, 0.15) is 6.04 Å². The predicted octanol–water partition coefficient (Wildman–Crippen LogP) is 4.69. The molecule has 1 unspecified atom stereocenters. The van der Waals surface area contributed by atoms with Crippen LogP contribution in [0.4, 0.5) is 0 Å². The molecule has 0 saturated heterocycles. The Morgan fingerprint density at radius 1 is 1.11 bits per heavy atom. The number of rotatable bonds is 5. The Bertz CT molecular complexity index is 995. The molecule has 0 bridgehead atoms. The minimum absolute atomic E-state index is 0.0632. The lowest BCUT2D eigenvalue weighted by atomic mass is 10.0. The summed E-state index contributed by atoms with van der Waals surface area (Å²) >= 11 is 1.74. The summed E-state index contributed by atoms with van der Waals surface area (Å²) in [5.41, 5.74) is 4.18. The number of benzene rings is 2. The first-order valence-electron chi connectivity index (χ1n) is 9.08. The summed E-state index contributed by atoms with van der Waals surface area (Å²) in [6.45, 7) is 2.17. The molecule has 0 saturated carbocycles. The largest absolute Gasteiger partial charge is 0.467 e. The smallest absolute Gasteiger partial charge is 0.321 e. The maximum Gasteiger partial charge on any atom is 0.321 e. The lowest BCUT2D eigenvalue weighted by Gasteiger charge is -2.12. The highest BCUT2D eigenvalue weighted by atomic mass is 32.2. The van der Waals surface area contributed by atoms with Crippen molar-refractivity contribution in [2.45, 2.75) is 30.7 Å². The van der Waals surface area contributed by atoms with Crippen LogP contribution in [0.25, 0.3) is 5.69 Å². The molecule has 6 heteroatoms. The van der Waals surface area contributed by atoms with E-state index in [2.05, 4.69) is 59.8 Å². The summed E-state index contributed by atoms with van der Waals surface area (Å²) in [5, 5.41) is 8.66. The lowest BCUT2D eigenvalue weighted by Crippen LogP contribution is -2.08. The second kappa shape index (κ2) is 7.56. The molecule has 27 heavy (non-hydrogen) atoms. The van der Waals surface area contributed by atoms with Gasteiger partial charge in [0.25, 0.3) is 0 Å². The Morgan fingerprint density at radius 2 is 1.96 bits per heavy atom. The molecular weight excluding hydrogens is 356 g/mol. The summed E-state index contributed by atoms with van der Waals surface area (Å²) < 4.78 is 7.51. The van der Waals surface area contributed by atoms with Crippen LogP contribution in [-0.2, 0) is 0 Å². The van der Waals surface area contributed by atoms with Crippen LogP contribution in [0.15, 0.2) is 58.4 Å². The van der Waals surface area contributed by atoms with Gasteiger partial charge in [0, 0.05) is 16.0 Å². The maximum atomic E-state index is 5.50. The zero-order valence-corrected chi connectivity index (χ0v) is 16.5. The van der Waals surface area contributed by atoms with Gasteiger partial charge in [-0.1, -0.05) is 48.8 Å². The van der Waals surface area contributed by atoms with Crippen LogP contribution in [-0.4, -0.2) is 33.8 Å². The van der Waals surface area contributed by atoms with Gasteiger partial charge >= 0.3 is 6.01 Å². The summed E-state index contributed by atoms with van der Waals surface area (Å²) in [6, 6.07) is 17.2. The Morgan fingerprint density at radius 3 is 2.74 bits per heavy atom. The summed E-state index contributed by atoms with van der Waals surface area (Å²) in [6.07, 6.45) is 4.01. The molecular formula is C21H22N4OS. The van der Waals surface area contributed by atoms with Gasteiger partial charge in [0.05, 0.1) is 18.5 Å². The molecule has 138 valence electrons. The van der Waals surface area contributed by atoms with E-state index in [1.165, 1.54) is 4.90 Å². The molecule has 0 N–H and O–H groups in total. The first kappa shape index (κ1) is 17.8. The van der Waals surface area contributed by atoms with E-state index in [-0.39, 0.29) is 6.04 Å². The van der Waals surface area contributed by atoms with Crippen LogP contribution < -0.4 is 4.74 Å². The van der Waals surface area contributed by atoms with Crippen molar-refractivity contribution in [3.05, 3.63) is 65.5 Å². The van der Waals surface area contributed by atoms with Crippen molar-refractivity contribution in [2.75, 3.05) is 13.4 Å². The number of hydrogen-bond donors (Lipinski definition) is 0. The SMILES string of the molecule is CCCC1N=C(c2cccc(SC)c2)c2ccccc2-n2c(OC)nnc21. The van der Waals surface area contributed by atoms with Gasteiger partial charge in [-0.05, 0) is 30.9 Å². The number of aromatic nitrogens is 3. The van der Waals surface area contributed by atoms with Crippen LogP contribution >= 0.6 is 11.8 Å². The zero-order chi connectivity index (χ0) is 18.8. The number of fused-ring (bicyclic) bond motifs is 3. The lowest BCUT2D eigenvalue weighted by molar-refractivity contribution is 0.370. The van der Waals surface area contributed by atoms with Crippen molar-refractivity contribution in [3.8, 4) is 11.7 Å². The molecule has 5 nitrogen and oxygen atoms in total. The first-order chi connectivity index (χ1) is 13.3. The fourth-order valence-electron chi connectivity index (χ4n) is 3.48. The third-order valence-corrected chi connectivity index (χ3v) is 5.45. The van der Waals surface area contributed by atoms with Crippen molar-refractivity contribution in [3.63, 3.8) is 0 Å². The highest BCUT2D eigenvalue weighted by molar-refractivity contribution is 7.98. The second-order valence-electron chi connectivity index (χ2n) is 6.41. The van der Waals surface area contributed by atoms with Gasteiger partial charge < -0.3 is 4.74 Å². The van der Waals surface area contributed by atoms with E-state index < -0.39 is 0 Å². The number of thioether (sulfide) groups is 1. The molecule has 1 atom stereocenters. The van der Waals surface area contributed by atoms with Crippen LogP contribution in [0.2, 0.25) is 0 Å². The molecule has 1 aliphatic rings. The zero-order valence-electron chi connectivity index (χ0n) is 15.7. The van der Waals surface area contributed by atoms with Crippen LogP contribution in [0, 0.1) is 0 Å². The number of methoxy groups -OCH3 is 1. The van der Waals surface area contributed by atoms with Gasteiger partial charge in [-0.25, -0.2) is 4.57 Å². The van der Waals surface area contributed by atoms with Gasteiger partial charge in [-0.2, -0.15) is 0 Å². The fraction of sp³-hybridized carbons (Fsp3) is 0.286. The topological polar surface area (TPSA) is 52.3 Å². The molecule has 1 aromatic heterocycles.